The molecule has 0 radical (unpaired) electrons. The average Bonchev–Trinajstić information content (AvgIpc) is 3.19. The topological polar surface area (TPSA) is 78.8 Å². The van der Waals surface area contributed by atoms with Crippen LogP contribution in [-0.4, -0.2) is 49.9 Å². The summed E-state index contributed by atoms with van der Waals surface area (Å²) in [5.41, 5.74) is 6.38. The Morgan fingerprint density at radius 3 is 2.51 bits per heavy atom. The molecule has 3 aliphatic rings. The van der Waals surface area contributed by atoms with E-state index in [0.29, 0.717) is 37.7 Å². The monoisotopic (exact) mass is 530 g/mol. The van der Waals surface area contributed by atoms with Crippen molar-refractivity contribution in [3.63, 3.8) is 0 Å². The summed E-state index contributed by atoms with van der Waals surface area (Å²) in [5.74, 6) is 0.725. The van der Waals surface area contributed by atoms with E-state index < -0.39 is 0 Å². The minimum absolute atomic E-state index is 0.0775. The predicted molar refractivity (Wildman–Crippen MR) is 150 cm³/mol. The van der Waals surface area contributed by atoms with Gasteiger partial charge < -0.3 is 24.1 Å². The van der Waals surface area contributed by atoms with E-state index in [9.17, 15) is 9.59 Å². The molecule has 1 atom stereocenters. The first-order chi connectivity index (χ1) is 19.1. The summed E-state index contributed by atoms with van der Waals surface area (Å²) in [6.07, 6.45) is 8.35. The van der Waals surface area contributed by atoms with Crippen molar-refractivity contribution in [2.75, 3.05) is 27.4 Å². The molecular weight excluding hydrogens is 492 g/mol. The molecule has 3 aromatic rings. The SMILES string of the molecule is COC(=O)c1ccc2c(C3CCCCC3)c3n(c2c1)CC(C(=O)NC1CCOCC1)Cc1cc(OC)ccc1-3. The van der Waals surface area contributed by atoms with Crippen LogP contribution in [0.2, 0.25) is 0 Å². The molecule has 2 aromatic carbocycles. The number of hydrogen-bond donors (Lipinski definition) is 1. The number of carbonyl (C=O) groups excluding carboxylic acids is 2. The van der Waals surface area contributed by atoms with Crippen molar-refractivity contribution in [3.05, 3.63) is 53.1 Å². The number of benzene rings is 2. The van der Waals surface area contributed by atoms with Crippen LogP contribution in [0.3, 0.4) is 0 Å². The number of ether oxygens (including phenoxy) is 3. The Labute approximate surface area is 229 Å². The highest BCUT2D eigenvalue weighted by atomic mass is 16.5. The van der Waals surface area contributed by atoms with Crippen LogP contribution in [0.15, 0.2) is 36.4 Å². The molecule has 3 heterocycles. The van der Waals surface area contributed by atoms with Crippen molar-refractivity contribution in [2.45, 2.75) is 69.9 Å². The van der Waals surface area contributed by atoms with Gasteiger partial charge in [-0.15, -0.1) is 0 Å². The molecule has 1 aromatic heterocycles. The van der Waals surface area contributed by atoms with Crippen molar-refractivity contribution in [1.82, 2.24) is 9.88 Å². The smallest absolute Gasteiger partial charge is 0.337 e. The number of amides is 1. The molecular formula is C32H38N2O5. The van der Waals surface area contributed by atoms with Gasteiger partial charge in [-0.1, -0.05) is 25.3 Å². The summed E-state index contributed by atoms with van der Waals surface area (Å²) in [5, 5.41) is 4.50. The molecule has 1 N–H and O–H groups in total. The first kappa shape index (κ1) is 25.9. The summed E-state index contributed by atoms with van der Waals surface area (Å²) >= 11 is 0. The molecule has 0 bridgehead atoms. The van der Waals surface area contributed by atoms with E-state index in [4.69, 9.17) is 14.2 Å². The van der Waals surface area contributed by atoms with Crippen molar-refractivity contribution in [3.8, 4) is 17.0 Å². The van der Waals surface area contributed by atoms with Crippen LogP contribution in [0.25, 0.3) is 22.2 Å². The average molecular weight is 531 g/mol. The summed E-state index contributed by atoms with van der Waals surface area (Å²) < 4.78 is 18.5. The van der Waals surface area contributed by atoms with Crippen LogP contribution in [0.1, 0.15) is 72.3 Å². The van der Waals surface area contributed by atoms with Gasteiger partial charge in [0.25, 0.3) is 0 Å². The van der Waals surface area contributed by atoms with Crippen molar-refractivity contribution in [1.29, 1.82) is 0 Å². The maximum absolute atomic E-state index is 13.8. The molecule has 1 unspecified atom stereocenters. The number of carbonyl (C=O) groups is 2. The Kier molecular flexibility index (Phi) is 7.34. The molecule has 206 valence electrons. The molecule has 6 rings (SSSR count). The number of methoxy groups -OCH3 is 2. The van der Waals surface area contributed by atoms with Crippen LogP contribution in [0.4, 0.5) is 0 Å². The van der Waals surface area contributed by atoms with Crippen LogP contribution in [-0.2, 0) is 27.2 Å². The number of fused-ring (bicyclic) bond motifs is 5. The lowest BCUT2D eigenvalue weighted by Gasteiger charge is -2.26. The van der Waals surface area contributed by atoms with Gasteiger partial charge in [0.1, 0.15) is 5.75 Å². The third kappa shape index (κ3) is 4.93. The molecule has 0 spiro atoms. The fourth-order valence-corrected chi connectivity index (χ4v) is 6.89. The van der Waals surface area contributed by atoms with E-state index in [1.54, 1.807) is 7.11 Å². The molecule has 2 fully saturated rings. The zero-order valence-corrected chi connectivity index (χ0v) is 23.0. The van der Waals surface area contributed by atoms with E-state index in [-0.39, 0.29) is 23.8 Å². The highest BCUT2D eigenvalue weighted by molar-refractivity contribution is 5.99. The lowest BCUT2D eigenvalue weighted by atomic mass is 9.81. The number of nitrogens with zero attached hydrogens (tertiary/aromatic N) is 1. The minimum Gasteiger partial charge on any atom is -0.497 e. The highest BCUT2D eigenvalue weighted by Crippen LogP contribution is 2.47. The van der Waals surface area contributed by atoms with Crippen molar-refractivity contribution in [2.24, 2.45) is 5.92 Å². The molecule has 7 nitrogen and oxygen atoms in total. The van der Waals surface area contributed by atoms with Gasteiger partial charge in [0.15, 0.2) is 0 Å². The van der Waals surface area contributed by atoms with Crippen LogP contribution < -0.4 is 10.1 Å². The van der Waals surface area contributed by atoms with Gasteiger partial charge in [0.2, 0.25) is 5.91 Å². The van der Waals surface area contributed by atoms with Crippen LogP contribution in [0, 0.1) is 5.92 Å². The molecule has 1 aliphatic carbocycles. The molecule has 2 aliphatic heterocycles. The summed E-state index contributed by atoms with van der Waals surface area (Å²) in [7, 11) is 3.10. The molecule has 1 saturated carbocycles. The van der Waals surface area contributed by atoms with Gasteiger partial charge in [-0.25, -0.2) is 4.79 Å². The lowest BCUT2D eigenvalue weighted by Crippen LogP contribution is -2.43. The molecule has 39 heavy (non-hydrogen) atoms. The number of esters is 1. The fraction of sp³-hybridized carbons (Fsp3) is 0.500. The summed E-state index contributed by atoms with van der Waals surface area (Å²) in [6, 6.07) is 12.3. The lowest BCUT2D eigenvalue weighted by molar-refractivity contribution is -0.126. The first-order valence-corrected chi connectivity index (χ1v) is 14.4. The molecule has 1 amide bonds. The third-order valence-corrected chi connectivity index (χ3v) is 8.91. The predicted octanol–water partition coefficient (Wildman–Crippen LogP) is 5.62. The van der Waals surface area contributed by atoms with Gasteiger partial charge >= 0.3 is 5.97 Å². The van der Waals surface area contributed by atoms with E-state index in [0.717, 1.165) is 48.1 Å². The summed E-state index contributed by atoms with van der Waals surface area (Å²) in [4.78, 5) is 26.3. The Morgan fingerprint density at radius 1 is 0.974 bits per heavy atom. The van der Waals surface area contributed by atoms with Gasteiger partial charge in [-0.2, -0.15) is 0 Å². The standard InChI is InChI=1S/C32H38N2O5/c1-37-25-9-11-26-22(17-25)16-23(31(35)33-24-12-14-39-15-13-24)19-34-28-18-21(32(36)38-2)8-10-27(28)29(30(26)34)20-6-4-3-5-7-20/h8-11,17-18,20,23-24H,3-7,12-16,19H2,1-2H3,(H,33,35). The van der Waals surface area contributed by atoms with Crippen molar-refractivity contribution >= 4 is 22.8 Å². The molecule has 7 heteroatoms. The Morgan fingerprint density at radius 2 is 1.77 bits per heavy atom. The Balaban J connectivity index is 1.53. The third-order valence-electron chi connectivity index (χ3n) is 8.91. The number of nitrogens with one attached hydrogen (secondary N) is 1. The second-order valence-corrected chi connectivity index (χ2v) is 11.3. The van der Waals surface area contributed by atoms with Crippen LogP contribution in [0.5, 0.6) is 5.75 Å². The maximum atomic E-state index is 13.8. The summed E-state index contributed by atoms with van der Waals surface area (Å²) in [6.45, 7) is 1.92. The Hall–Kier alpha value is -3.32. The minimum atomic E-state index is -0.348. The maximum Gasteiger partial charge on any atom is 0.337 e. The van der Waals surface area contributed by atoms with Gasteiger partial charge in [-0.05, 0) is 79.5 Å². The second-order valence-electron chi connectivity index (χ2n) is 11.3. The van der Waals surface area contributed by atoms with Gasteiger partial charge in [-0.3, -0.25) is 4.79 Å². The van der Waals surface area contributed by atoms with E-state index >= 15 is 0 Å². The van der Waals surface area contributed by atoms with Gasteiger partial charge in [0.05, 0.1) is 31.4 Å². The molecule has 1 saturated heterocycles. The quantitative estimate of drug-likeness (QED) is 0.433. The van der Waals surface area contributed by atoms with Crippen LogP contribution >= 0.6 is 0 Å². The number of aromatic nitrogens is 1. The Bertz CT molecular complexity index is 1380. The highest BCUT2D eigenvalue weighted by Gasteiger charge is 2.34. The number of rotatable bonds is 5. The van der Waals surface area contributed by atoms with Gasteiger partial charge in [0, 0.05) is 42.3 Å². The largest absolute Gasteiger partial charge is 0.497 e. The van der Waals surface area contributed by atoms with E-state index in [1.165, 1.54) is 43.0 Å². The zero-order valence-electron chi connectivity index (χ0n) is 23.0. The zero-order chi connectivity index (χ0) is 26.9. The fourth-order valence-electron chi connectivity index (χ4n) is 6.89. The number of hydrogen-bond acceptors (Lipinski definition) is 5. The first-order valence-electron chi connectivity index (χ1n) is 14.4. The second kappa shape index (κ2) is 11.0. The van der Waals surface area contributed by atoms with E-state index in [2.05, 4.69) is 28.1 Å². The van der Waals surface area contributed by atoms with E-state index in [1.807, 2.05) is 18.2 Å². The van der Waals surface area contributed by atoms with Crippen molar-refractivity contribution < 1.29 is 23.8 Å². The normalized spacial score (nSPS) is 20.1.